The number of benzene rings is 2. The Kier molecular flexibility index (Phi) is 6.63. The molecule has 3 rings (SSSR count). The average molecular weight is 533 g/mol. The van der Waals surface area contributed by atoms with Crippen LogP contribution in [0.2, 0.25) is 0 Å². The summed E-state index contributed by atoms with van der Waals surface area (Å²) in [5.41, 5.74) is -4.94. The number of carbonyl (C=O) groups excluding carboxylic acids is 1. The normalized spacial score (nSPS) is 11.2. The van der Waals surface area contributed by atoms with Crippen LogP contribution in [0.4, 0.5) is 17.6 Å². The summed E-state index contributed by atoms with van der Waals surface area (Å²) < 4.78 is 60.0. The zero-order valence-corrected chi connectivity index (χ0v) is 18.4. The van der Waals surface area contributed by atoms with Gasteiger partial charge in [0.1, 0.15) is 17.3 Å². The number of halogens is 5. The predicted octanol–water partition coefficient (Wildman–Crippen LogP) is 4.11. The highest BCUT2D eigenvalue weighted by Gasteiger charge is 2.35. The van der Waals surface area contributed by atoms with E-state index >= 15 is 0 Å². The lowest BCUT2D eigenvalue weighted by atomic mass is 10.2. The molecule has 0 spiro atoms. The number of ether oxygens (including phenoxy) is 1. The first-order chi connectivity index (χ1) is 15.4. The summed E-state index contributed by atoms with van der Waals surface area (Å²) in [6, 6.07) is 7.89. The topological polar surface area (TPSA) is 88.8 Å². The number of para-hydroxylation sites is 2. The van der Waals surface area contributed by atoms with E-state index in [1.165, 1.54) is 12.1 Å². The third-order valence-electron chi connectivity index (χ3n) is 4.17. The number of hydrogen-bond donors (Lipinski definition) is 0. The summed E-state index contributed by atoms with van der Waals surface area (Å²) in [6.07, 6.45) is -4.97. The van der Waals surface area contributed by atoms with Crippen LogP contribution in [0.1, 0.15) is 12.6 Å². The van der Waals surface area contributed by atoms with E-state index < -0.39 is 40.6 Å². The van der Waals surface area contributed by atoms with Crippen molar-refractivity contribution in [2.24, 2.45) is 7.05 Å². The molecule has 174 valence electrons. The smallest absolute Gasteiger partial charge is 0.431 e. The summed E-state index contributed by atoms with van der Waals surface area (Å²) in [4.78, 5) is 45.2. The third-order valence-corrected chi connectivity index (χ3v) is 4.79. The van der Waals surface area contributed by atoms with Crippen molar-refractivity contribution < 1.29 is 36.9 Å². The lowest BCUT2D eigenvalue weighted by molar-refractivity contribution is -0.211. The monoisotopic (exact) mass is 532 g/mol. The highest BCUT2D eigenvalue weighted by Crippen LogP contribution is 2.37. The van der Waals surface area contributed by atoms with Crippen molar-refractivity contribution in [3.8, 4) is 22.9 Å². The molecule has 0 aliphatic heterocycles. The molecule has 0 saturated heterocycles. The Morgan fingerprint density at radius 3 is 2.27 bits per heavy atom. The maximum atomic E-state index is 14.7. The third kappa shape index (κ3) is 5.08. The SMILES string of the molecule is CC(=O)OOc1ccccc1Oc1cc(-n2c(=O)cc(C(F)(F)F)n(C)c2=O)c(F)cc1Br. The summed E-state index contributed by atoms with van der Waals surface area (Å²) in [5.74, 6) is -1.98. The van der Waals surface area contributed by atoms with Crippen LogP contribution >= 0.6 is 15.9 Å². The van der Waals surface area contributed by atoms with Crippen molar-refractivity contribution in [2.75, 3.05) is 0 Å². The fraction of sp³-hybridized carbons (Fsp3) is 0.150. The van der Waals surface area contributed by atoms with Gasteiger partial charge in [-0.05, 0) is 34.1 Å². The van der Waals surface area contributed by atoms with Crippen molar-refractivity contribution in [1.82, 2.24) is 9.13 Å². The Bertz CT molecular complexity index is 1350. The van der Waals surface area contributed by atoms with E-state index in [9.17, 15) is 31.9 Å². The highest BCUT2D eigenvalue weighted by molar-refractivity contribution is 9.10. The second-order valence-electron chi connectivity index (χ2n) is 6.48. The van der Waals surface area contributed by atoms with E-state index in [1.807, 2.05) is 0 Å². The lowest BCUT2D eigenvalue weighted by Gasteiger charge is -2.16. The second kappa shape index (κ2) is 9.10. The van der Waals surface area contributed by atoms with Crippen LogP contribution in [-0.4, -0.2) is 15.1 Å². The van der Waals surface area contributed by atoms with Crippen molar-refractivity contribution in [2.45, 2.75) is 13.1 Å². The Morgan fingerprint density at radius 1 is 1.03 bits per heavy atom. The molecule has 3 aromatic rings. The minimum absolute atomic E-state index is 0.00433. The van der Waals surface area contributed by atoms with Gasteiger partial charge in [0.05, 0.1) is 10.2 Å². The molecule has 0 amide bonds. The minimum atomic E-state index is -4.97. The molecule has 13 heteroatoms. The fourth-order valence-corrected chi connectivity index (χ4v) is 3.11. The van der Waals surface area contributed by atoms with E-state index in [2.05, 4.69) is 20.8 Å². The predicted molar refractivity (Wildman–Crippen MR) is 109 cm³/mol. The zero-order chi connectivity index (χ0) is 24.5. The zero-order valence-electron chi connectivity index (χ0n) is 16.8. The number of carbonyl (C=O) groups is 1. The van der Waals surface area contributed by atoms with Gasteiger partial charge in [-0.25, -0.2) is 18.5 Å². The van der Waals surface area contributed by atoms with E-state index in [0.29, 0.717) is 0 Å². The molecule has 1 aromatic heterocycles. The second-order valence-corrected chi connectivity index (χ2v) is 7.34. The van der Waals surface area contributed by atoms with Crippen LogP contribution < -0.4 is 20.9 Å². The van der Waals surface area contributed by atoms with Gasteiger partial charge in [-0.3, -0.25) is 19.1 Å². The maximum Gasteiger partial charge on any atom is 0.431 e. The number of aromatic nitrogens is 2. The first kappa shape index (κ1) is 24.0. The first-order valence-corrected chi connectivity index (χ1v) is 9.71. The van der Waals surface area contributed by atoms with Crippen molar-refractivity contribution in [1.29, 1.82) is 0 Å². The van der Waals surface area contributed by atoms with Gasteiger partial charge >= 0.3 is 17.8 Å². The molecule has 0 radical (unpaired) electrons. The van der Waals surface area contributed by atoms with Gasteiger partial charge < -0.3 is 4.74 Å². The molecule has 1 heterocycles. The van der Waals surface area contributed by atoms with Gasteiger partial charge in [0, 0.05) is 26.1 Å². The Hall–Kier alpha value is -3.61. The molecule has 33 heavy (non-hydrogen) atoms. The summed E-state index contributed by atoms with van der Waals surface area (Å²) >= 11 is 3.08. The largest absolute Gasteiger partial charge is 0.452 e. The van der Waals surface area contributed by atoms with Crippen molar-refractivity contribution >= 4 is 21.9 Å². The number of alkyl halides is 3. The highest BCUT2D eigenvalue weighted by atomic mass is 79.9. The lowest BCUT2D eigenvalue weighted by Crippen LogP contribution is -2.41. The molecule has 0 aliphatic carbocycles. The molecule has 0 unspecified atom stereocenters. The van der Waals surface area contributed by atoms with Gasteiger partial charge in [-0.1, -0.05) is 12.1 Å². The van der Waals surface area contributed by atoms with Gasteiger partial charge in [0.2, 0.25) is 5.75 Å². The van der Waals surface area contributed by atoms with Crippen LogP contribution in [0.3, 0.4) is 0 Å². The van der Waals surface area contributed by atoms with Crippen LogP contribution in [-0.2, 0) is 22.9 Å². The van der Waals surface area contributed by atoms with Gasteiger partial charge in [0.25, 0.3) is 5.56 Å². The number of nitrogens with zero attached hydrogens (tertiary/aromatic N) is 2. The molecule has 0 saturated carbocycles. The van der Waals surface area contributed by atoms with E-state index in [0.717, 1.165) is 26.1 Å². The quantitative estimate of drug-likeness (QED) is 0.279. The molecule has 8 nitrogen and oxygen atoms in total. The summed E-state index contributed by atoms with van der Waals surface area (Å²) in [6.45, 7) is 1.11. The van der Waals surface area contributed by atoms with E-state index in [-0.39, 0.29) is 36.9 Å². The standard InChI is InChI=1S/C20H13BrF4N2O6/c1-10(28)32-33-15-6-4-3-5-14(15)31-16-8-13(12(22)7-11(16)21)27-18(29)9-17(20(23,24)25)26(2)19(27)30/h3-9H,1-2H3. The molecule has 0 atom stereocenters. The van der Waals surface area contributed by atoms with Gasteiger partial charge in [-0.15, -0.1) is 0 Å². The number of rotatable bonds is 5. The molecule has 2 aromatic carbocycles. The Morgan fingerprint density at radius 2 is 1.67 bits per heavy atom. The fourth-order valence-electron chi connectivity index (χ4n) is 2.71. The van der Waals surface area contributed by atoms with Crippen LogP contribution in [0, 0.1) is 5.82 Å². The Balaban J connectivity index is 2.12. The molecule has 0 bridgehead atoms. The van der Waals surface area contributed by atoms with E-state index in [1.54, 1.807) is 12.1 Å². The van der Waals surface area contributed by atoms with Crippen molar-refractivity contribution in [3.63, 3.8) is 0 Å². The van der Waals surface area contributed by atoms with Crippen LogP contribution in [0.25, 0.3) is 5.69 Å². The summed E-state index contributed by atoms with van der Waals surface area (Å²) in [5, 5.41) is 0. The van der Waals surface area contributed by atoms with E-state index in [4.69, 9.17) is 9.62 Å². The average Bonchev–Trinajstić information content (AvgIpc) is 2.72. The van der Waals surface area contributed by atoms with Crippen LogP contribution in [0.15, 0.2) is 56.5 Å². The van der Waals surface area contributed by atoms with Gasteiger partial charge in [-0.2, -0.15) is 13.2 Å². The summed E-state index contributed by atoms with van der Waals surface area (Å²) in [7, 11) is 0.803. The first-order valence-electron chi connectivity index (χ1n) is 8.92. The van der Waals surface area contributed by atoms with Crippen LogP contribution in [0.5, 0.6) is 17.2 Å². The molecule has 0 N–H and O–H groups in total. The molecular weight excluding hydrogens is 520 g/mol. The Labute approximate surface area is 190 Å². The maximum absolute atomic E-state index is 14.7. The van der Waals surface area contributed by atoms with Crippen molar-refractivity contribution in [3.05, 3.63) is 79.3 Å². The molecule has 0 fully saturated rings. The number of hydrogen-bond acceptors (Lipinski definition) is 6. The molecular formula is C20H13BrF4N2O6. The van der Waals surface area contributed by atoms with Gasteiger partial charge in [0.15, 0.2) is 5.75 Å². The molecule has 0 aliphatic rings. The minimum Gasteiger partial charge on any atom is -0.452 e.